The molecule has 0 atom stereocenters. The highest BCUT2D eigenvalue weighted by Gasteiger charge is 2.12. The van der Waals surface area contributed by atoms with Crippen LogP contribution in [0.1, 0.15) is 12.5 Å². The van der Waals surface area contributed by atoms with Gasteiger partial charge < -0.3 is 21.5 Å². The number of phenols is 1. The highest BCUT2D eigenvalue weighted by molar-refractivity contribution is 7.94. The van der Waals surface area contributed by atoms with Crippen LogP contribution in [-0.4, -0.2) is 31.9 Å². The molecule has 0 saturated carbocycles. The first-order chi connectivity index (χ1) is 12.5. The molecular weight excluding hydrogens is 356 g/mol. The zero-order chi connectivity index (χ0) is 18.7. The van der Waals surface area contributed by atoms with E-state index in [1.165, 1.54) is 0 Å². The van der Waals surface area contributed by atoms with Crippen LogP contribution < -0.4 is 16.4 Å². The quantitative estimate of drug-likeness (QED) is 0.248. The van der Waals surface area contributed by atoms with Crippen molar-refractivity contribution in [3.63, 3.8) is 0 Å². The number of fused-ring (bicyclic) bond motifs is 1. The fourth-order valence-electron chi connectivity index (χ4n) is 2.48. The van der Waals surface area contributed by atoms with Gasteiger partial charge in [-0.05, 0) is 43.5 Å². The fourth-order valence-corrected chi connectivity index (χ4v) is 2.96. The van der Waals surface area contributed by atoms with Crippen molar-refractivity contribution in [3.05, 3.63) is 29.8 Å². The highest BCUT2D eigenvalue weighted by atomic mass is 32.2. The van der Waals surface area contributed by atoms with Gasteiger partial charge in [0.25, 0.3) is 0 Å². The van der Waals surface area contributed by atoms with Gasteiger partial charge in [-0.15, -0.1) is 0 Å². The molecule has 26 heavy (non-hydrogen) atoms. The standard InChI is InChI=1S/C16H18N6O3S/c1-3-18-15-20-14(17)21-16(22-15)19-10-4-5-11-9(6-10)7-12(26-25-24)8(2)13(11)23/h4-7,23-24H,3H2,1-2H3,(H4,17,18,19,20,21,22). The van der Waals surface area contributed by atoms with Crippen molar-refractivity contribution in [1.29, 1.82) is 0 Å². The van der Waals surface area contributed by atoms with E-state index in [1.807, 2.05) is 19.1 Å². The van der Waals surface area contributed by atoms with E-state index in [9.17, 15) is 5.11 Å². The Bertz CT molecular complexity index is 953. The van der Waals surface area contributed by atoms with Crippen molar-refractivity contribution >= 4 is 46.3 Å². The van der Waals surface area contributed by atoms with Crippen LogP contribution in [0.15, 0.2) is 29.2 Å². The van der Waals surface area contributed by atoms with Gasteiger partial charge in [0.1, 0.15) is 5.75 Å². The summed E-state index contributed by atoms with van der Waals surface area (Å²) < 4.78 is 4.13. The minimum absolute atomic E-state index is 0.103. The molecule has 2 aromatic carbocycles. The lowest BCUT2D eigenvalue weighted by molar-refractivity contribution is -0.116. The van der Waals surface area contributed by atoms with Gasteiger partial charge in [0.15, 0.2) is 0 Å². The first kappa shape index (κ1) is 18.0. The fraction of sp³-hybridized carbons (Fsp3) is 0.188. The number of hydrogen-bond donors (Lipinski definition) is 5. The van der Waals surface area contributed by atoms with Gasteiger partial charge in [-0.1, -0.05) is 0 Å². The van der Waals surface area contributed by atoms with Crippen LogP contribution in [0.2, 0.25) is 0 Å². The van der Waals surface area contributed by atoms with Crippen molar-refractivity contribution in [3.8, 4) is 5.75 Å². The van der Waals surface area contributed by atoms with Gasteiger partial charge in [-0.3, -0.25) is 0 Å². The van der Waals surface area contributed by atoms with E-state index in [0.29, 0.717) is 40.0 Å². The van der Waals surface area contributed by atoms with Crippen LogP contribution in [0.25, 0.3) is 10.8 Å². The van der Waals surface area contributed by atoms with Crippen LogP contribution in [0.5, 0.6) is 5.75 Å². The molecule has 136 valence electrons. The Morgan fingerprint density at radius 3 is 2.69 bits per heavy atom. The van der Waals surface area contributed by atoms with Crippen molar-refractivity contribution in [1.82, 2.24) is 15.0 Å². The molecular formula is C16H18N6O3S. The topological polar surface area (TPSA) is 138 Å². The Kier molecular flexibility index (Phi) is 5.26. The normalized spacial score (nSPS) is 10.9. The second-order valence-corrected chi connectivity index (χ2v) is 6.19. The maximum absolute atomic E-state index is 10.3. The summed E-state index contributed by atoms with van der Waals surface area (Å²) in [5, 5.41) is 26.5. The van der Waals surface area contributed by atoms with Crippen LogP contribution in [0, 0.1) is 6.92 Å². The van der Waals surface area contributed by atoms with E-state index in [-0.39, 0.29) is 11.7 Å². The van der Waals surface area contributed by atoms with Crippen molar-refractivity contribution < 1.29 is 14.7 Å². The van der Waals surface area contributed by atoms with Gasteiger partial charge in [0, 0.05) is 28.1 Å². The molecule has 9 nitrogen and oxygen atoms in total. The van der Waals surface area contributed by atoms with Gasteiger partial charge in [-0.2, -0.15) is 19.3 Å². The number of rotatable bonds is 6. The molecule has 0 aliphatic carbocycles. The predicted molar refractivity (Wildman–Crippen MR) is 102 cm³/mol. The summed E-state index contributed by atoms with van der Waals surface area (Å²) in [4.78, 5) is 12.9. The molecule has 0 aliphatic heterocycles. The van der Waals surface area contributed by atoms with Crippen molar-refractivity contribution in [2.45, 2.75) is 18.7 Å². The summed E-state index contributed by atoms with van der Waals surface area (Å²) in [5.41, 5.74) is 7.03. The summed E-state index contributed by atoms with van der Waals surface area (Å²) >= 11 is 0.768. The number of anilines is 4. The predicted octanol–water partition coefficient (Wildman–Crippen LogP) is 3.29. The third kappa shape index (κ3) is 3.72. The lowest BCUT2D eigenvalue weighted by Crippen LogP contribution is -2.08. The van der Waals surface area contributed by atoms with Crippen LogP contribution in [-0.2, 0) is 4.33 Å². The summed E-state index contributed by atoms with van der Waals surface area (Å²) in [7, 11) is 0. The Morgan fingerprint density at radius 1 is 1.19 bits per heavy atom. The number of nitrogens with one attached hydrogen (secondary N) is 2. The number of aromatic nitrogens is 3. The van der Waals surface area contributed by atoms with Gasteiger partial charge in [-0.25, -0.2) is 5.26 Å². The first-order valence-corrected chi connectivity index (χ1v) is 8.52. The number of aromatic hydroxyl groups is 1. The number of benzene rings is 2. The molecule has 0 spiro atoms. The average molecular weight is 374 g/mol. The van der Waals surface area contributed by atoms with E-state index in [1.54, 1.807) is 19.1 Å². The Balaban J connectivity index is 1.97. The second kappa shape index (κ2) is 7.60. The average Bonchev–Trinajstić information content (AvgIpc) is 2.59. The Hall–Kier alpha value is -2.82. The molecule has 1 aromatic heterocycles. The Labute approximate surface area is 153 Å². The molecule has 0 radical (unpaired) electrons. The number of phenolic OH excluding ortho intramolecular Hbond substituents is 1. The highest BCUT2D eigenvalue weighted by Crippen LogP contribution is 2.37. The molecule has 3 aromatic rings. The molecule has 0 aliphatic rings. The van der Waals surface area contributed by atoms with Crippen LogP contribution in [0.3, 0.4) is 0 Å². The molecule has 0 unspecified atom stereocenters. The number of hydrogen-bond acceptors (Lipinski definition) is 10. The lowest BCUT2D eigenvalue weighted by Gasteiger charge is -2.12. The molecule has 0 saturated heterocycles. The van der Waals surface area contributed by atoms with Crippen molar-refractivity contribution in [2.75, 3.05) is 22.9 Å². The molecule has 0 bridgehead atoms. The molecule has 3 rings (SSSR count). The van der Waals surface area contributed by atoms with Gasteiger partial charge >= 0.3 is 0 Å². The molecule has 0 fully saturated rings. The molecule has 1 heterocycles. The summed E-state index contributed by atoms with van der Waals surface area (Å²) in [5.74, 6) is 0.923. The Morgan fingerprint density at radius 2 is 1.96 bits per heavy atom. The van der Waals surface area contributed by atoms with Crippen molar-refractivity contribution in [2.24, 2.45) is 0 Å². The minimum atomic E-state index is 0.103. The van der Waals surface area contributed by atoms with E-state index in [0.717, 1.165) is 17.4 Å². The third-order valence-corrected chi connectivity index (χ3v) is 4.37. The summed E-state index contributed by atoms with van der Waals surface area (Å²) in [6, 6.07) is 7.21. The smallest absolute Gasteiger partial charge is 0.233 e. The molecule has 6 N–H and O–H groups in total. The van der Waals surface area contributed by atoms with Gasteiger partial charge in [0.2, 0.25) is 17.8 Å². The maximum atomic E-state index is 10.3. The minimum Gasteiger partial charge on any atom is -0.507 e. The summed E-state index contributed by atoms with van der Waals surface area (Å²) in [6.07, 6.45) is 0. The SMILES string of the molecule is CCNc1nc(N)nc(Nc2ccc3c(O)c(C)c(SOO)cc3c2)n1. The number of nitrogens with zero attached hydrogens (tertiary/aromatic N) is 3. The molecule has 10 heteroatoms. The largest absolute Gasteiger partial charge is 0.507 e. The second-order valence-electron chi connectivity index (χ2n) is 5.44. The van der Waals surface area contributed by atoms with E-state index >= 15 is 0 Å². The zero-order valence-corrected chi connectivity index (χ0v) is 15.0. The monoisotopic (exact) mass is 374 g/mol. The first-order valence-electron chi connectivity index (χ1n) is 7.78. The number of nitrogen functional groups attached to an aromatic ring is 1. The molecule has 0 amide bonds. The lowest BCUT2D eigenvalue weighted by atomic mass is 10.1. The van der Waals surface area contributed by atoms with E-state index in [4.69, 9.17) is 11.0 Å². The van der Waals surface area contributed by atoms with E-state index < -0.39 is 0 Å². The third-order valence-electron chi connectivity index (χ3n) is 3.69. The summed E-state index contributed by atoms with van der Waals surface area (Å²) in [6.45, 7) is 4.33. The van der Waals surface area contributed by atoms with Crippen LogP contribution >= 0.6 is 12.0 Å². The van der Waals surface area contributed by atoms with Gasteiger partial charge in [0.05, 0.1) is 12.0 Å². The number of nitrogens with two attached hydrogens (primary N) is 1. The zero-order valence-electron chi connectivity index (χ0n) is 14.1. The van der Waals surface area contributed by atoms with E-state index in [2.05, 4.69) is 29.9 Å². The van der Waals surface area contributed by atoms with Crippen LogP contribution in [0.4, 0.5) is 23.5 Å². The maximum Gasteiger partial charge on any atom is 0.233 e.